The summed E-state index contributed by atoms with van der Waals surface area (Å²) >= 11 is 0. The van der Waals surface area contributed by atoms with E-state index in [2.05, 4.69) is 21.7 Å². The van der Waals surface area contributed by atoms with Crippen LogP contribution in [0, 0.1) is 24.2 Å². The van der Waals surface area contributed by atoms with Crippen LogP contribution >= 0.6 is 0 Å². The number of hydrogen-bond acceptors (Lipinski definition) is 4. The number of benzene rings is 1. The number of carbonyl (C=O) groups is 1. The molecule has 0 bridgehead atoms. The van der Waals surface area contributed by atoms with Gasteiger partial charge in [0, 0.05) is 17.5 Å². The minimum absolute atomic E-state index is 0.0561. The maximum Gasteiger partial charge on any atom is 0.412 e. The van der Waals surface area contributed by atoms with E-state index in [1.54, 1.807) is 18.3 Å². The van der Waals surface area contributed by atoms with Gasteiger partial charge < -0.3 is 5.32 Å². The number of aromatic nitrogens is 1. The van der Waals surface area contributed by atoms with Crippen molar-refractivity contribution in [2.75, 3.05) is 0 Å². The second-order valence-electron chi connectivity index (χ2n) is 8.81. The van der Waals surface area contributed by atoms with Crippen molar-refractivity contribution in [3.63, 3.8) is 0 Å². The first-order valence-electron chi connectivity index (χ1n) is 10.6. The summed E-state index contributed by atoms with van der Waals surface area (Å²) in [5.41, 5.74) is 1.51. The van der Waals surface area contributed by atoms with Crippen molar-refractivity contribution < 1.29 is 18.0 Å². The predicted octanol–water partition coefficient (Wildman–Crippen LogP) is 4.84. The largest absolute Gasteiger partial charge is 0.412 e. The Morgan fingerprint density at radius 3 is 2.25 bits per heavy atom. The molecule has 0 radical (unpaired) electrons. The van der Waals surface area contributed by atoms with Gasteiger partial charge in [-0.05, 0) is 49.3 Å². The number of amides is 1. The number of aryl methyl sites for hydroxylation is 1. The number of rotatable bonds is 8. The van der Waals surface area contributed by atoms with Crippen LogP contribution in [-0.4, -0.2) is 28.6 Å². The maximum absolute atomic E-state index is 13.9. The number of nitriles is 1. The fourth-order valence-corrected chi connectivity index (χ4v) is 3.55. The summed E-state index contributed by atoms with van der Waals surface area (Å²) in [7, 11) is 0. The van der Waals surface area contributed by atoms with Crippen LogP contribution in [0.15, 0.2) is 42.6 Å². The summed E-state index contributed by atoms with van der Waals surface area (Å²) in [5.74, 6) is -0.686. The van der Waals surface area contributed by atoms with Gasteiger partial charge in [0.25, 0.3) is 0 Å². The zero-order chi connectivity index (χ0) is 23.5. The summed E-state index contributed by atoms with van der Waals surface area (Å²) < 4.78 is 41.6. The normalized spacial score (nSPS) is 16.8. The molecule has 0 saturated heterocycles. The van der Waals surface area contributed by atoms with Crippen molar-refractivity contribution in [3.8, 4) is 17.2 Å². The van der Waals surface area contributed by atoms with Crippen molar-refractivity contribution in [2.45, 2.75) is 63.8 Å². The second kappa shape index (κ2) is 9.29. The highest BCUT2D eigenvalue weighted by Gasteiger charge is 2.47. The number of carbonyl (C=O) groups excluding carboxylic acids is 1. The molecule has 1 aromatic heterocycles. The smallest absolute Gasteiger partial charge is 0.339 e. The summed E-state index contributed by atoms with van der Waals surface area (Å²) in [5, 5.41) is 14.5. The van der Waals surface area contributed by atoms with Gasteiger partial charge in [0.2, 0.25) is 5.91 Å². The quantitative estimate of drug-likeness (QED) is 0.611. The van der Waals surface area contributed by atoms with E-state index in [4.69, 9.17) is 0 Å². The third-order valence-electron chi connectivity index (χ3n) is 5.54. The topological polar surface area (TPSA) is 77.8 Å². The number of nitrogens with one attached hydrogen (secondary N) is 2. The van der Waals surface area contributed by atoms with E-state index < -0.39 is 29.7 Å². The van der Waals surface area contributed by atoms with E-state index in [-0.39, 0.29) is 11.5 Å². The Balaban J connectivity index is 1.80. The Hall–Kier alpha value is -2.92. The number of halogens is 3. The minimum Gasteiger partial charge on any atom is -0.339 e. The number of alkyl halides is 3. The lowest BCUT2D eigenvalue weighted by molar-refractivity contribution is -0.164. The molecule has 170 valence electrons. The molecule has 0 spiro atoms. The lowest BCUT2D eigenvalue weighted by Gasteiger charge is -2.27. The molecule has 32 heavy (non-hydrogen) atoms. The molecule has 2 aromatic rings. The van der Waals surface area contributed by atoms with Crippen molar-refractivity contribution >= 4 is 5.91 Å². The van der Waals surface area contributed by atoms with E-state index >= 15 is 0 Å². The van der Waals surface area contributed by atoms with Gasteiger partial charge in [0.15, 0.2) is 6.04 Å². The van der Waals surface area contributed by atoms with E-state index in [0.29, 0.717) is 19.3 Å². The molecular weight excluding hydrogens is 417 g/mol. The molecule has 1 aliphatic carbocycles. The van der Waals surface area contributed by atoms with E-state index in [0.717, 1.165) is 16.8 Å². The van der Waals surface area contributed by atoms with Crippen LogP contribution in [0.1, 0.15) is 50.4 Å². The molecule has 0 aliphatic heterocycles. The Kier molecular flexibility index (Phi) is 6.89. The van der Waals surface area contributed by atoms with Crippen molar-refractivity contribution in [1.82, 2.24) is 15.6 Å². The van der Waals surface area contributed by atoms with Gasteiger partial charge >= 0.3 is 6.18 Å². The summed E-state index contributed by atoms with van der Waals surface area (Å²) in [6, 6.07) is 8.72. The Morgan fingerprint density at radius 1 is 1.16 bits per heavy atom. The predicted molar refractivity (Wildman–Crippen MR) is 115 cm³/mol. The Labute approximate surface area is 186 Å². The Bertz CT molecular complexity index is 974. The molecule has 1 aliphatic rings. The highest BCUT2D eigenvalue weighted by Crippen LogP contribution is 2.36. The highest BCUT2D eigenvalue weighted by molar-refractivity contribution is 5.82. The molecule has 1 heterocycles. The fraction of sp³-hybridized carbons (Fsp3) is 0.458. The standard InChI is InChI=1S/C24H27F3N4O/c1-15(2)12-20(31-23(14-28)10-11-23)22(32)30-21(24(25,26)27)18-8-6-17(7-9-18)19-5-4-16(3)29-13-19/h4-9,13,15,20-21,31H,10-12H2,1-3H3,(H,30,32)/t20-,21-/m0/s1. The van der Waals surface area contributed by atoms with Crippen LogP contribution in [0.2, 0.25) is 0 Å². The van der Waals surface area contributed by atoms with Gasteiger partial charge in [-0.1, -0.05) is 44.2 Å². The third kappa shape index (κ3) is 5.86. The Morgan fingerprint density at radius 2 is 1.78 bits per heavy atom. The average molecular weight is 445 g/mol. The van der Waals surface area contributed by atoms with Crippen LogP contribution in [0.4, 0.5) is 13.2 Å². The maximum atomic E-state index is 13.9. The summed E-state index contributed by atoms with van der Waals surface area (Å²) in [6.45, 7) is 5.62. The average Bonchev–Trinajstić information content (AvgIpc) is 3.51. The molecule has 1 saturated carbocycles. The summed E-state index contributed by atoms with van der Waals surface area (Å²) in [4.78, 5) is 17.1. The van der Waals surface area contributed by atoms with Gasteiger partial charge in [-0.2, -0.15) is 18.4 Å². The molecular formula is C24H27F3N4O. The van der Waals surface area contributed by atoms with Crippen molar-refractivity contribution in [2.24, 2.45) is 5.92 Å². The highest BCUT2D eigenvalue weighted by atomic mass is 19.4. The van der Waals surface area contributed by atoms with Crippen LogP contribution in [-0.2, 0) is 4.79 Å². The molecule has 1 amide bonds. The zero-order valence-corrected chi connectivity index (χ0v) is 18.3. The zero-order valence-electron chi connectivity index (χ0n) is 18.3. The van der Waals surface area contributed by atoms with Gasteiger partial charge in [-0.25, -0.2) is 0 Å². The monoisotopic (exact) mass is 444 g/mol. The first-order chi connectivity index (χ1) is 15.0. The molecule has 3 rings (SSSR count). The fourth-order valence-electron chi connectivity index (χ4n) is 3.55. The van der Waals surface area contributed by atoms with Crippen molar-refractivity contribution in [1.29, 1.82) is 5.26 Å². The third-order valence-corrected chi connectivity index (χ3v) is 5.54. The van der Waals surface area contributed by atoms with Gasteiger partial charge in [0.1, 0.15) is 5.54 Å². The molecule has 1 fully saturated rings. The van der Waals surface area contributed by atoms with Crippen LogP contribution in [0.3, 0.4) is 0 Å². The molecule has 0 unspecified atom stereocenters. The number of hydrogen-bond donors (Lipinski definition) is 2. The second-order valence-corrected chi connectivity index (χ2v) is 8.81. The van der Waals surface area contributed by atoms with Crippen molar-refractivity contribution in [3.05, 3.63) is 53.9 Å². The molecule has 2 atom stereocenters. The van der Waals surface area contributed by atoms with E-state index in [1.807, 2.05) is 32.9 Å². The van der Waals surface area contributed by atoms with Crippen LogP contribution in [0.25, 0.3) is 11.1 Å². The van der Waals surface area contributed by atoms with E-state index in [1.165, 1.54) is 12.1 Å². The van der Waals surface area contributed by atoms with Crippen LogP contribution < -0.4 is 10.6 Å². The first-order valence-corrected chi connectivity index (χ1v) is 10.6. The first kappa shape index (κ1) is 23.7. The molecule has 2 N–H and O–H groups in total. The molecule has 5 nitrogen and oxygen atoms in total. The number of nitrogens with zero attached hydrogens (tertiary/aromatic N) is 2. The lowest BCUT2D eigenvalue weighted by atomic mass is 9.99. The van der Waals surface area contributed by atoms with E-state index in [9.17, 15) is 23.2 Å². The molecule has 8 heteroatoms. The van der Waals surface area contributed by atoms with Gasteiger partial charge in [0.05, 0.1) is 12.1 Å². The molecule has 1 aromatic carbocycles. The van der Waals surface area contributed by atoms with Gasteiger partial charge in [-0.3, -0.25) is 15.1 Å². The summed E-state index contributed by atoms with van der Waals surface area (Å²) in [6.07, 6.45) is -1.50. The lowest BCUT2D eigenvalue weighted by Crippen LogP contribution is -2.52. The minimum atomic E-state index is -4.67. The van der Waals surface area contributed by atoms with Crippen LogP contribution in [0.5, 0.6) is 0 Å². The van der Waals surface area contributed by atoms with Gasteiger partial charge in [-0.15, -0.1) is 0 Å². The number of pyridine rings is 1. The SMILES string of the molecule is Cc1ccc(-c2ccc([C@H](NC(=O)[C@H](CC(C)C)NC3(C#N)CC3)C(F)(F)F)cc2)cn1.